The van der Waals surface area contributed by atoms with Crippen LogP contribution in [-0.4, -0.2) is 28.0 Å². The standard InChI is InChI=1S/C10H16N6O2S/c1-3-5-16-7-8(10(11)13-16)19(17,18)14-9-4-6-15(2)12-9/h4,6-7H,3,5H2,1-2H3,(H2,11,13)(H,12,14). The second-order valence-corrected chi connectivity index (χ2v) is 5.77. The van der Waals surface area contributed by atoms with Crippen LogP contribution in [0, 0.1) is 0 Å². The van der Waals surface area contributed by atoms with Crippen molar-refractivity contribution in [3.63, 3.8) is 0 Å². The summed E-state index contributed by atoms with van der Waals surface area (Å²) in [5, 5.41) is 7.92. The van der Waals surface area contributed by atoms with Gasteiger partial charge in [0.1, 0.15) is 4.90 Å². The number of rotatable bonds is 5. The highest BCUT2D eigenvalue weighted by Gasteiger charge is 2.22. The van der Waals surface area contributed by atoms with Crippen molar-refractivity contribution in [1.82, 2.24) is 19.6 Å². The molecule has 0 radical (unpaired) electrons. The lowest BCUT2D eigenvalue weighted by molar-refractivity contribution is 0.595. The average Bonchev–Trinajstić information content (AvgIpc) is 2.86. The third kappa shape index (κ3) is 2.87. The van der Waals surface area contributed by atoms with E-state index in [-0.39, 0.29) is 16.5 Å². The van der Waals surface area contributed by atoms with Crippen molar-refractivity contribution in [3.8, 4) is 0 Å². The highest BCUT2D eigenvalue weighted by molar-refractivity contribution is 7.92. The number of nitrogens with two attached hydrogens (primary N) is 1. The summed E-state index contributed by atoms with van der Waals surface area (Å²) in [7, 11) is -2.06. The molecule has 9 heteroatoms. The topological polar surface area (TPSA) is 108 Å². The van der Waals surface area contributed by atoms with Crippen molar-refractivity contribution in [2.75, 3.05) is 10.5 Å². The molecular formula is C10H16N6O2S. The molecule has 0 atom stereocenters. The van der Waals surface area contributed by atoms with E-state index in [9.17, 15) is 8.42 Å². The maximum atomic E-state index is 12.2. The lowest BCUT2D eigenvalue weighted by atomic mass is 10.5. The van der Waals surface area contributed by atoms with Crippen LogP contribution in [0.25, 0.3) is 0 Å². The van der Waals surface area contributed by atoms with Gasteiger partial charge >= 0.3 is 0 Å². The quantitative estimate of drug-likeness (QED) is 0.826. The van der Waals surface area contributed by atoms with E-state index >= 15 is 0 Å². The van der Waals surface area contributed by atoms with E-state index in [1.807, 2.05) is 6.92 Å². The number of nitrogen functional groups attached to an aromatic ring is 1. The molecule has 0 saturated carbocycles. The second-order valence-electron chi connectivity index (χ2n) is 4.12. The zero-order valence-electron chi connectivity index (χ0n) is 10.7. The summed E-state index contributed by atoms with van der Waals surface area (Å²) in [6.07, 6.45) is 3.90. The molecule has 3 N–H and O–H groups in total. The smallest absolute Gasteiger partial charge is 0.268 e. The summed E-state index contributed by atoms with van der Waals surface area (Å²) >= 11 is 0. The van der Waals surface area contributed by atoms with Gasteiger partial charge in [0.25, 0.3) is 10.0 Å². The van der Waals surface area contributed by atoms with Crippen molar-refractivity contribution < 1.29 is 8.42 Å². The third-order valence-corrected chi connectivity index (χ3v) is 3.82. The van der Waals surface area contributed by atoms with Crippen LogP contribution in [0.1, 0.15) is 13.3 Å². The van der Waals surface area contributed by atoms with Gasteiger partial charge in [0.15, 0.2) is 11.6 Å². The van der Waals surface area contributed by atoms with Gasteiger partial charge in [0.05, 0.1) is 0 Å². The van der Waals surface area contributed by atoms with Gasteiger partial charge in [0, 0.05) is 32.1 Å². The van der Waals surface area contributed by atoms with E-state index in [0.717, 1.165) is 6.42 Å². The van der Waals surface area contributed by atoms with E-state index in [4.69, 9.17) is 5.73 Å². The number of nitrogens with zero attached hydrogens (tertiary/aromatic N) is 4. The molecule has 0 aliphatic rings. The number of anilines is 2. The van der Waals surface area contributed by atoms with Crippen LogP contribution in [-0.2, 0) is 23.6 Å². The molecule has 2 rings (SSSR count). The van der Waals surface area contributed by atoms with Gasteiger partial charge in [-0.05, 0) is 6.42 Å². The van der Waals surface area contributed by atoms with Crippen LogP contribution in [0.4, 0.5) is 11.6 Å². The molecule has 0 saturated heterocycles. The van der Waals surface area contributed by atoms with Crippen LogP contribution in [0.15, 0.2) is 23.4 Å². The molecule has 0 aromatic carbocycles. The van der Waals surface area contributed by atoms with E-state index in [2.05, 4.69) is 14.9 Å². The molecule has 0 spiro atoms. The molecule has 8 nitrogen and oxygen atoms in total. The van der Waals surface area contributed by atoms with Crippen LogP contribution >= 0.6 is 0 Å². The fraction of sp³-hybridized carbons (Fsp3) is 0.400. The maximum absolute atomic E-state index is 12.2. The van der Waals surface area contributed by atoms with Gasteiger partial charge in [-0.15, -0.1) is 0 Å². The largest absolute Gasteiger partial charge is 0.381 e. The predicted octanol–water partition coefficient (Wildman–Crippen LogP) is 0.410. The molecule has 0 unspecified atom stereocenters. The minimum absolute atomic E-state index is 0.0168. The molecule has 2 aromatic heterocycles. The first-order valence-corrected chi connectivity index (χ1v) is 7.26. The van der Waals surface area contributed by atoms with E-state index in [1.165, 1.54) is 15.6 Å². The summed E-state index contributed by atoms with van der Waals surface area (Å²) in [6, 6.07) is 1.56. The molecule has 2 aromatic rings. The van der Waals surface area contributed by atoms with Gasteiger partial charge in [-0.3, -0.25) is 14.1 Å². The highest BCUT2D eigenvalue weighted by atomic mass is 32.2. The first-order valence-electron chi connectivity index (χ1n) is 5.78. The maximum Gasteiger partial charge on any atom is 0.268 e. The van der Waals surface area contributed by atoms with Crippen molar-refractivity contribution in [2.24, 2.45) is 7.05 Å². The van der Waals surface area contributed by atoms with Crippen molar-refractivity contribution in [2.45, 2.75) is 24.8 Å². The molecule has 19 heavy (non-hydrogen) atoms. The molecule has 2 heterocycles. The summed E-state index contributed by atoms with van der Waals surface area (Å²) < 4.78 is 29.7. The lowest BCUT2D eigenvalue weighted by Gasteiger charge is -2.03. The zero-order chi connectivity index (χ0) is 14.0. The normalized spacial score (nSPS) is 11.7. The zero-order valence-corrected chi connectivity index (χ0v) is 11.6. The van der Waals surface area contributed by atoms with Crippen molar-refractivity contribution >= 4 is 21.7 Å². The first-order chi connectivity index (χ1) is 8.92. The average molecular weight is 284 g/mol. The Morgan fingerprint density at radius 1 is 1.42 bits per heavy atom. The van der Waals surface area contributed by atoms with E-state index in [0.29, 0.717) is 6.54 Å². The predicted molar refractivity (Wildman–Crippen MR) is 70.9 cm³/mol. The van der Waals surface area contributed by atoms with Crippen molar-refractivity contribution in [3.05, 3.63) is 18.5 Å². The Morgan fingerprint density at radius 2 is 2.16 bits per heavy atom. The van der Waals surface area contributed by atoms with Gasteiger partial charge in [-0.2, -0.15) is 10.2 Å². The Hall–Kier alpha value is -2.03. The Kier molecular flexibility index (Phi) is 3.47. The van der Waals surface area contributed by atoms with E-state index in [1.54, 1.807) is 19.3 Å². The number of sulfonamides is 1. The lowest BCUT2D eigenvalue weighted by Crippen LogP contribution is -2.14. The molecule has 104 valence electrons. The minimum Gasteiger partial charge on any atom is -0.381 e. The summed E-state index contributed by atoms with van der Waals surface area (Å²) in [6.45, 7) is 2.58. The van der Waals surface area contributed by atoms with Gasteiger partial charge < -0.3 is 5.73 Å². The van der Waals surface area contributed by atoms with Gasteiger partial charge in [-0.1, -0.05) is 6.92 Å². The molecule has 0 aliphatic carbocycles. The van der Waals surface area contributed by atoms with Gasteiger partial charge in [0.2, 0.25) is 0 Å². The first kappa shape index (κ1) is 13.4. The molecule has 0 bridgehead atoms. The van der Waals surface area contributed by atoms with Crippen LogP contribution < -0.4 is 10.5 Å². The van der Waals surface area contributed by atoms with E-state index < -0.39 is 10.0 Å². The van der Waals surface area contributed by atoms with Gasteiger partial charge in [-0.25, -0.2) is 8.42 Å². The highest BCUT2D eigenvalue weighted by Crippen LogP contribution is 2.19. The Balaban J connectivity index is 2.28. The fourth-order valence-corrected chi connectivity index (χ4v) is 2.70. The third-order valence-electron chi connectivity index (χ3n) is 2.45. The fourth-order valence-electron chi connectivity index (χ4n) is 1.63. The monoisotopic (exact) mass is 284 g/mol. The second kappa shape index (κ2) is 4.92. The van der Waals surface area contributed by atoms with Crippen LogP contribution in [0.5, 0.6) is 0 Å². The number of hydrogen-bond donors (Lipinski definition) is 2. The summed E-state index contributed by atoms with van der Waals surface area (Å²) in [5.41, 5.74) is 5.64. The molecule has 0 amide bonds. The number of aryl methyl sites for hydroxylation is 2. The Labute approximate surface area is 111 Å². The van der Waals surface area contributed by atoms with Crippen molar-refractivity contribution in [1.29, 1.82) is 0 Å². The Bertz CT molecular complexity index is 672. The van der Waals surface area contributed by atoms with Crippen LogP contribution in [0.3, 0.4) is 0 Å². The molecular weight excluding hydrogens is 268 g/mol. The number of nitrogens with one attached hydrogen (secondary N) is 1. The number of aromatic nitrogens is 4. The molecule has 0 fully saturated rings. The SMILES string of the molecule is CCCn1cc(S(=O)(=O)Nc2ccn(C)n2)c(N)n1. The summed E-state index contributed by atoms with van der Waals surface area (Å²) in [5.74, 6) is 0.224. The number of hydrogen-bond acceptors (Lipinski definition) is 5. The Morgan fingerprint density at radius 3 is 2.74 bits per heavy atom. The molecule has 0 aliphatic heterocycles. The minimum atomic E-state index is -3.76. The van der Waals surface area contributed by atoms with Crippen LogP contribution in [0.2, 0.25) is 0 Å². The summed E-state index contributed by atoms with van der Waals surface area (Å²) in [4.78, 5) is -0.0356.